The zero-order chi connectivity index (χ0) is 31.0. The third-order valence-electron chi connectivity index (χ3n) is 6.83. The quantitative estimate of drug-likeness (QED) is 0.296. The topological polar surface area (TPSA) is 138 Å². The van der Waals surface area contributed by atoms with Crippen molar-refractivity contribution in [2.45, 2.75) is 19.9 Å². The fourth-order valence-electron chi connectivity index (χ4n) is 4.73. The van der Waals surface area contributed by atoms with Crippen LogP contribution in [-0.2, 0) is 18.4 Å². The van der Waals surface area contributed by atoms with Gasteiger partial charge in [0.15, 0.2) is 0 Å². The first-order valence-electron chi connectivity index (χ1n) is 13.9. The number of nitrogens with one attached hydrogen (secondary N) is 1. The normalized spacial score (nSPS) is 14.3. The molecule has 43 heavy (non-hydrogen) atoms. The van der Waals surface area contributed by atoms with Crippen LogP contribution in [0.5, 0.6) is 0 Å². The summed E-state index contributed by atoms with van der Waals surface area (Å²) in [7, 11) is -3.80. The molecule has 2 N–H and O–H groups in total. The van der Waals surface area contributed by atoms with Gasteiger partial charge in [-0.05, 0) is 61.4 Å². The third kappa shape index (κ3) is 8.25. The zero-order valence-corrected chi connectivity index (χ0v) is 24.8. The molecule has 4 rings (SSSR count). The minimum absolute atomic E-state index is 0.0168. The van der Waals surface area contributed by atoms with Gasteiger partial charge >= 0.3 is 13.7 Å². The Balaban J connectivity index is 1.68. The summed E-state index contributed by atoms with van der Waals surface area (Å²) >= 11 is 0. The molecule has 0 spiro atoms. The van der Waals surface area contributed by atoms with Crippen molar-refractivity contribution >= 4 is 25.5 Å². The van der Waals surface area contributed by atoms with E-state index < -0.39 is 43.5 Å². The minimum Gasteiger partial charge on any atom is -0.465 e. The molecule has 228 valence electrons. The van der Waals surface area contributed by atoms with E-state index in [1.54, 1.807) is 38.1 Å². The van der Waals surface area contributed by atoms with Crippen molar-refractivity contribution in [3.05, 3.63) is 78.2 Å². The lowest BCUT2D eigenvalue weighted by atomic mass is 10.0. The first-order chi connectivity index (χ1) is 20.6. The average molecular weight is 613 g/mol. The van der Waals surface area contributed by atoms with E-state index >= 15 is 0 Å². The van der Waals surface area contributed by atoms with Crippen LogP contribution in [0.1, 0.15) is 24.3 Å². The Labute approximate surface area is 249 Å². The lowest BCUT2D eigenvalue weighted by Crippen LogP contribution is -2.56. The summed E-state index contributed by atoms with van der Waals surface area (Å²) in [5, 5.41) is 12.0. The molecule has 0 aliphatic carbocycles. The summed E-state index contributed by atoms with van der Waals surface area (Å²) in [4.78, 5) is 45.9. The van der Waals surface area contributed by atoms with E-state index in [4.69, 9.17) is 9.05 Å². The number of hydrogen-bond donors (Lipinski definition) is 2. The zero-order valence-electron chi connectivity index (χ0n) is 23.9. The third-order valence-corrected chi connectivity index (χ3v) is 8.94. The number of piperazine rings is 1. The van der Waals surface area contributed by atoms with Crippen LogP contribution in [0.15, 0.2) is 66.7 Å². The van der Waals surface area contributed by atoms with Gasteiger partial charge < -0.3 is 29.3 Å². The Morgan fingerprint density at radius 1 is 0.907 bits per heavy atom. The molecule has 2 heterocycles. The summed E-state index contributed by atoms with van der Waals surface area (Å²) in [6, 6.07) is 17.0. The molecule has 3 aromatic rings. The Hall–Kier alpha value is -4.12. The second-order valence-electron chi connectivity index (χ2n) is 9.75. The van der Waals surface area contributed by atoms with Crippen molar-refractivity contribution in [1.29, 1.82) is 0 Å². The van der Waals surface area contributed by atoms with E-state index in [-0.39, 0.29) is 45.1 Å². The highest BCUT2D eigenvalue weighted by Crippen LogP contribution is 2.48. The van der Waals surface area contributed by atoms with Crippen LogP contribution in [0, 0.1) is 5.82 Å². The van der Waals surface area contributed by atoms with Crippen LogP contribution in [0.4, 0.5) is 9.18 Å². The van der Waals surface area contributed by atoms with Gasteiger partial charge in [0.05, 0.1) is 25.1 Å². The molecular formula is C30H34FN4O7P. The molecule has 0 radical (unpaired) electrons. The van der Waals surface area contributed by atoms with Crippen molar-refractivity contribution in [2.24, 2.45) is 0 Å². The van der Waals surface area contributed by atoms with Gasteiger partial charge in [0, 0.05) is 31.7 Å². The minimum atomic E-state index is -3.80. The first-order valence-corrected chi connectivity index (χ1v) is 15.6. The summed E-state index contributed by atoms with van der Waals surface area (Å²) in [5.41, 5.74) is 2.45. The molecule has 0 saturated carbocycles. The van der Waals surface area contributed by atoms with Gasteiger partial charge in [-0.3, -0.25) is 14.2 Å². The monoisotopic (exact) mass is 612 g/mol. The number of carbonyl (C=O) groups excluding carboxylic acids is 2. The highest BCUT2D eigenvalue weighted by Gasteiger charge is 2.37. The Morgan fingerprint density at radius 3 is 2.09 bits per heavy atom. The van der Waals surface area contributed by atoms with E-state index in [1.165, 1.54) is 21.9 Å². The van der Waals surface area contributed by atoms with Gasteiger partial charge in [0.1, 0.15) is 17.6 Å². The maximum absolute atomic E-state index is 13.7. The number of carboxylic acid groups (broad SMARTS) is 1. The summed E-state index contributed by atoms with van der Waals surface area (Å²) in [5.74, 6) is -1.67. The average Bonchev–Trinajstić information content (AvgIpc) is 3.01. The molecule has 13 heteroatoms. The number of benzene rings is 2. The van der Waals surface area contributed by atoms with E-state index in [2.05, 4.69) is 10.3 Å². The second kappa shape index (κ2) is 14.4. The Bertz CT molecular complexity index is 1470. The van der Waals surface area contributed by atoms with Gasteiger partial charge in [-0.25, -0.2) is 14.2 Å². The Kier molecular flexibility index (Phi) is 10.6. The van der Waals surface area contributed by atoms with Crippen LogP contribution in [0.3, 0.4) is 0 Å². The van der Waals surface area contributed by atoms with E-state index in [1.807, 2.05) is 30.3 Å². The van der Waals surface area contributed by atoms with Gasteiger partial charge in [-0.1, -0.05) is 30.3 Å². The largest absolute Gasteiger partial charge is 0.465 e. The molecular weight excluding hydrogens is 578 g/mol. The number of hydrogen-bond acceptors (Lipinski definition) is 7. The van der Waals surface area contributed by atoms with Crippen molar-refractivity contribution < 1.29 is 37.5 Å². The molecule has 1 aliphatic rings. The van der Waals surface area contributed by atoms with Gasteiger partial charge in [0.25, 0.3) is 5.91 Å². The molecule has 3 amide bonds. The predicted molar refractivity (Wildman–Crippen MR) is 158 cm³/mol. The molecule has 2 aromatic carbocycles. The number of carbonyl (C=O) groups is 3. The van der Waals surface area contributed by atoms with Gasteiger partial charge in [-0.2, -0.15) is 0 Å². The summed E-state index contributed by atoms with van der Waals surface area (Å²) in [6.07, 6.45) is -1.52. The van der Waals surface area contributed by atoms with Crippen molar-refractivity contribution in [2.75, 3.05) is 45.6 Å². The summed E-state index contributed by atoms with van der Waals surface area (Å²) < 4.78 is 37.9. The lowest BCUT2D eigenvalue weighted by Gasteiger charge is -2.35. The van der Waals surface area contributed by atoms with E-state index in [9.17, 15) is 28.4 Å². The molecule has 0 bridgehead atoms. The van der Waals surface area contributed by atoms with E-state index in [0.29, 0.717) is 16.8 Å². The number of rotatable bonds is 11. The fraction of sp³-hybridized carbons (Fsp3) is 0.333. The Morgan fingerprint density at radius 2 is 1.51 bits per heavy atom. The SMILES string of the molecule is CCOP(=O)(C[C@H](NC(=O)c1cc(-c2ccccc2)cc(-c2ccc(F)cc2)n1)C(=O)N1CCN(C(=O)O)CC1)OCC. The van der Waals surface area contributed by atoms with Crippen LogP contribution < -0.4 is 5.32 Å². The highest BCUT2D eigenvalue weighted by molar-refractivity contribution is 7.54. The lowest BCUT2D eigenvalue weighted by molar-refractivity contribution is -0.134. The van der Waals surface area contributed by atoms with Crippen LogP contribution in [0.25, 0.3) is 22.4 Å². The molecule has 1 saturated heterocycles. The van der Waals surface area contributed by atoms with Crippen molar-refractivity contribution in [3.8, 4) is 22.4 Å². The predicted octanol–water partition coefficient (Wildman–Crippen LogP) is 4.74. The maximum Gasteiger partial charge on any atom is 0.407 e. The maximum atomic E-state index is 13.7. The summed E-state index contributed by atoms with van der Waals surface area (Å²) in [6.45, 7) is 3.79. The van der Waals surface area contributed by atoms with Crippen LogP contribution in [-0.4, -0.2) is 89.4 Å². The molecule has 1 aliphatic heterocycles. The smallest absolute Gasteiger partial charge is 0.407 e. The van der Waals surface area contributed by atoms with Crippen LogP contribution in [0.2, 0.25) is 0 Å². The number of nitrogens with zero attached hydrogens (tertiary/aromatic N) is 3. The van der Waals surface area contributed by atoms with Crippen LogP contribution >= 0.6 is 7.60 Å². The standard InChI is InChI=1S/C30H34FN4O7P/c1-3-41-43(40,42-4-2)20-27(29(37)34-14-16-35(17-15-34)30(38)39)33-28(36)26-19-23(21-8-6-5-7-9-21)18-25(32-26)22-10-12-24(31)13-11-22/h5-13,18-19,27H,3-4,14-17,20H2,1-2H3,(H,33,36)(H,38,39)/t27-/m0/s1. The molecule has 1 atom stereocenters. The highest BCUT2D eigenvalue weighted by atomic mass is 31.2. The number of amides is 3. The number of halogens is 1. The van der Waals surface area contributed by atoms with Gasteiger partial charge in [-0.15, -0.1) is 0 Å². The first kappa shape index (κ1) is 31.8. The molecule has 1 aromatic heterocycles. The van der Waals surface area contributed by atoms with Crippen molar-refractivity contribution in [1.82, 2.24) is 20.1 Å². The number of pyridine rings is 1. The van der Waals surface area contributed by atoms with E-state index in [0.717, 1.165) is 5.56 Å². The van der Waals surface area contributed by atoms with Gasteiger partial charge in [0.2, 0.25) is 5.91 Å². The number of aromatic nitrogens is 1. The molecule has 0 unspecified atom stereocenters. The molecule has 1 fully saturated rings. The molecule has 11 nitrogen and oxygen atoms in total. The van der Waals surface area contributed by atoms with Crippen molar-refractivity contribution in [3.63, 3.8) is 0 Å². The fourth-order valence-corrected chi connectivity index (χ4v) is 6.50. The second-order valence-corrected chi connectivity index (χ2v) is 11.9.